The van der Waals surface area contributed by atoms with E-state index in [4.69, 9.17) is 4.74 Å². The molecular weight excluding hydrogens is 290 g/mol. The Balaban J connectivity index is 1.73. The maximum absolute atomic E-state index is 12.0. The van der Waals surface area contributed by atoms with Crippen LogP contribution in [0.4, 0.5) is 5.13 Å². The van der Waals surface area contributed by atoms with Crippen molar-refractivity contribution in [3.8, 4) is 0 Å². The predicted octanol–water partition coefficient (Wildman–Crippen LogP) is 2.13. The molecule has 0 unspecified atom stereocenters. The number of amides is 1. The Labute approximate surface area is 128 Å². The molecule has 1 saturated heterocycles. The highest BCUT2D eigenvalue weighted by Crippen LogP contribution is 2.16. The van der Waals surface area contributed by atoms with Crippen molar-refractivity contribution in [2.75, 3.05) is 31.6 Å². The lowest BCUT2D eigenvalue weighted by molar-refractivity contribution is -0.131. The lowest BCUT2D eigenvalue weighted by Crippen LogP contribution is -2.36. The van der Waals surface area contributed by atoms with Gasteiger partial charge in [0, 0.05) is 31.4 Å². The van der Waals surface area contributed by atoms with Crippen LogP contribution in [-0.4, -0.2) is 48.0 Å². The Morgan fingerprint density at radius 1 is 1.38 bits per heavy atom. The standard InChI is InChI=1S/C14H21N3O3S/c1-2-20-13(19)11-10-21-14(16-11)15-7-6-12(18)17-8-4-3-5-9-17/h10H,2-9H2,1H3,(H,15,16). The second-order valence-electron chi connectivity index (χ2n) is 4.88. The van der Waals surface area contributed by atoms with Crippen molar-refractivity contribution in [1.29, 1.82) is 0 Å². The van der Waals surface area contributed by atoms with E-state index in [1.807, 2.05) is 4.90 Å². The number of esters is 1. The molecule has 1 amide bonds. The summed E-state index contributed by atoms with van der Waals surface area (Å²) in [5.74, 6) is -0.226. The first-order valence-electron chi connectivity index (χ1n) is 7.35. The molecule has 0 radical (unpaired) electrons. The van der Waals surface area contributed by atoms with Gasteiger partial charge in [0.1, 0.15) is 0 Å². The fourth-order valence-electron chi connectivity index (χ4n) is 2.23. The average Bonchev–Trinajstić information content (AvgIpc) is 2.97. The van der Waals surface area contributed by atoms with Gasteiger partial charge in [0.05, 0.1) is 6.61 Å². The fourth-order valence-corrected chi connectivity index (χ4v) is 2.94. The molecule has 2 heterocycles. The SMILES string of the molecule is CCOC(=O)c1csc(NCCC(=O)N2CCCCC2)n1. The fraction of sp³-hybridized carbons (Fsp3) is 0.643. The number of anilines is 1. The number of likely N-dealkylation sites (tertiary alicyclic amines) is 1. The molecule has 116 valence electrons. The molecule has 0 aromatic carbocycles. The number of carbonyl (C=O) groups is 2. The molecule has 0 aliphatic carbocycles. The number of carbonyl (C=O) groups excluding carboxylic acids is 2. The highest BCUT2D eigenvalue weighted by atomic mass is 32.1. The van der Waals surface area contributed by atoms with Gasteiger partial charge >= 0.3 is 5.97 Å². The largest absolute Gasteiger partial charge is 0.461 e. The zero-order chi connectivity index (χ0) is 15.1. The molecule has 0 saturated carbocycles. The van der Waals surface area contributed by atoms with Crippen molar-refractivity contribution >= 4 is 28.3 Å². The summed E-state index contributed by atoms with van der Waals surface area (Å²) in [7, 11) is 0. The van der Waals surface area contributed by atoms with E-state index in [-0.39, 0.29) is 5.91 Å². The van der Waals surface area contributed by atoms with Crippen LogP contribution in [0.15, 0.2) is 5.38 Å². The number of hydrogen-bond donors (Lipinski definition) is 1. The minimum atomic E-state index is -0.411. The van der Waals surface area contributed by atoms with Gasteiger partial charge in [-0.05, 0) is 26.2 Å². The van der Waals surface area contributed by atoms with E-state index in [0.29, 0.717) is 30.4 Å². The summed E-state index contributed by atoms with van der Waals surface area (Å²) < 4.78 is 4.88. The summed E-state index contributed by atoms with van der Waals surface area (Å²) in [6, 6.07) is 0. The molecule has 7 heteroatoms. The minimum Gasteiger partial charge on any atom is -0.461 e. The zero-order valence-electron chi connectivity index (χ0n) is 12.3. The monoisotopic (exact) mass is 311 g/mol. The predicted molar refractivity (Wildman–Crippen MR) is 81.6 cm³/mol. The van der Waals surface area contributed by atoms with E-state index in [2.05, 4.69) is 10.3 Å². The molecule has 1 N–H and O–H groups in total. The van der Waals surface area contributed by atoms with Crippen molar-refractivity contribution in [2.24, 2.45) is 0 Å². The quantitative estimate of drug-likeness (QED) is 0.815. The molecular formula is C14H21N3O3S. The van der Waals surface area contributed by atoms with Crippen molar-refractivity contribution in [3.63, 3.8) is 0 Å². The maximum Gasteiger partial charge on any atom is 0.357 e. The first-order valence-corrected chi connectivity index (χ1v) is 8.23. The van der Waals surface area contributed by atoms with Gasteiger partial charge in [-0.15, -0.1) is 11.3 Å². The van der Waals surface area contributed by atoms with Gasteiger partial charge in [-0.2, -0.15) is 0 Å². The van der Waals surface area contributed by atoms with Gasteiger partial charge in [-0.3, -0.25) is 4.79 Å². The average molecular weight is 311 g/mol. The van der Waals surface area contributed by atoms with Crippen LogP contribution in [0.3, 0.4) is 0 Å². The zero-order valence-corrected chi connectivity index (χ0v) is 13.1. The number of nitrogens with zero attached hydrogens (tertiary/aromatic N) is 2. The Morgan fingerprint density at radius 3 is 2.86 bits per heavy atom. The van der Waals surface area contributed by atoms with Crippen LogP contribution in [0.1, 0.15) is 43.1 Å². The Bertz CT molecular complexity index is 484. The number of nitrogens with one attached hydrogen (secondary N) is 1. The van der Waals surface area contributed by atoms with Gasteiger partial charge in [-0.25, -0.2) is 9.78 Å². The molecule has 6 nitrogen and oxygen atoms in total. The summed E-state index contributed by atoms with van der Waals surface area (Å²) in [5.41, 5.74) is 0.312. The third-order valence-electron chi connectivity index (χ3n) is 3.31. The van der Waals surface area contributed by atoms with Crippen LogP contribution in [0, 0.1) is 0 Å². The Hall–Kier alpha value is -1.63. The number of aromatic nitrogens is 1. The molecule has 0 atom stereocenters. The number of piperidine rings is 1. The van der Waals surface area contributed by atoms with Crippen molar-refractivity contribution in [3.05, 3.63) is 11.1 Å². The first-order chi connectivity index (χ1) is 10.2. The molecule has 1 aromatic rings. The lowest BCUT2D eigenvalue weighted by Gasteiger charge is -2.26. The summed E-state index contributed by atoms with van der Waals surface area (Å²) in [4.78, 5) is 29.5. The van der Waals surface area contributed by atoms with Gasteiger partial charge < -0.3 is 15.0 Å². The van der Waals surface area contributed by atoms with Gasteiger partial charge in [-0.1, -0.05) is 0 Å². The molecule has 1 aliphatic rings. The Morgan fingerprint density at radius 2 is 2.14 bits per heavy atom. The highest BCUT2D eigenvalue weighted by molar-refractivity contribution is 7.13. The molecule has 1 fully saturated rings. The molecule has 2 rings (SSSR count). The minimum absolute atomic E-state index is 0.185. The Kier molecular flexibility index (Phi) is 5.98. The van der Waals surface area contributed by atoms with Crippen molar-refractivity contribution in [1.82, 2.24) is 9.88 Å². The summed E-state index contributed by atoms with van der Waals surface area (Å²) >= 11 is 1.34. The normalized spacial score (nSPS) is 14.8. The van der Waals surface area contributed by atoms with E-state index in [0.717, 1.165) is 25.9 Å². The number of rotatable bonds is 6. The van der Waals surface area contributed by atoms with Gasteiger partial charge in [0.2, 0.25) is 5.91 Å². The number of thiazole rings is 1. The first kappa shape index (κ1) is 15.8. The lowest BCUT2D eigenvalue weighted by atomic mass is 10.1. The summed E-state index contributed by atoms with van der Waals surface area (Å²) in [5, 5.41) is 5.39. The molecule has 0 spiro atoms. The smallest absolute Gasteiger partial charge is 0.357 e. The molecule has 1 aliphatic heterocycles. The molecule has 1 aromatic heterocycles. The summed E-state index contributed by atoms with van der Waals surface area (Å²) in [6.45, 7) is 4.39. The van der Waals surface area contributed by atoms with Crippen LogP contribution in [-0.2, 0) is 9.53 Å². The van der Waals surface area contributed by atoms with Gasteiger partial charge in [0.15, 0.2) is 10.8 Å². The van der Waals surface area contributed by atoms with Crippen molar-refractivity contribution in [2.45, 2.75) is 32.6 Å². The van der Waals surface area contributed by atoms with Crippen molar-refractivity contribution < 1.29 is 14.3 Å². The van der Waals surface area contributed by atoms with E-state index in [1.54, 1.807) is 12.3 Å². The van der Waals surface area contributed by atoms with E-state index in [9.17, 15) is 9.59 Å². The summed E-state index contributed by atoms with van der Waals surface area (Å²) in [6.07, 6.45) is 3.88. The molecule has 0 bridgehead atoms. The number of ether oxygens (including phenoxy) is 1. The van der Waals surface area contributed by atoms with Crippen LogP contribution in [0.2, 0.25) is 0 Å². The van der Waals surface area contributed by atoms with Crippen LogP contribution in [0.5, 0.6) is 0 Å². The van der Waals surface area contributed by atoms with Gasteiger partial charge in [0.25, 0.3) is 0 Å². The topological polar surface area (TPSA) is 71.5 Å². The highest BCUT2D eigenvalue weighted by Gasteiger charge is 2.16. The van der Waals surface area contributed by atoms with E-state index < -0.39 is 5.97 Å². The van der Waals surface area contributed by atoms with E-state index >= 15 is 0 Å². The maximum atomic E-state index is 12.0. The third-order valence-corrected chi connectivity index (χ3v) is 4.11. The van der Waals surface area contributed by atoms with Crippen LogP contribution >= 0.6 is 11.3 Å². The second-order valence-corrected chi connectivity index (χ2v) is 5.73. The van der Waals surface area contributed by atoms with E-state index in [1.165, 1.54) is 17.8 Å². The van der Waals surface area contributed by atoms with Crippen LogP contribution < -0.4 is 5.32 Å². The number of hydrogen-bond acceptors (Lipinski definition) is 6. The third kappa shape index (κ3) is 4.70. The molecule has 21 heavy (non-hydrogen) atoms. The second kappa shape index (κ2) is 7.97. The van der Waals surface area contributed by atoms with Crippen LogP contribution in [0.25, 0.3) is 0 Å².